The SMILES string of the molecule is Cc1cc(-c2ccnc(NC(=O)C3CC3C(N)=O)c2)ccc1OC1CCN(C(=O)CO)CC1F. The number of nitrogens with one attached hydrogen (secondary N) is 1. The molecule has 1 aliphatic carbocycles. The van der Waals surface area contributed by atoms with Crippen molar-refractivity contribution < 1.29 is 28.6 Å². The van der Waals surface area contributed by atoms with Crippen LogP contribution in [0.3, 0.4) is 0 Å². The van der Waals surface area contributed by atoms with Crippen molar-refractivity contribution in [2.75, 3.05) is 25.0 Å². The lowest BCUT2D eigenvalue weighted by molar-refractivity contribution is -0.138. The number of aliphatic hydroxyl groups is 1. The Morgan fingerprint density at radius 2 is 2.00 bits per heavy atom. The predicted octanol–water partition coefficient (Wildman–Crippen LogP) is 1.43. The fraction of sp³-hybridized carbons (Fsp3) is 0.417. The lowest BCUT2D eigenvalue weighted by atomic mass is 10.0. The van der Waals surface area contributed by atoms with Crippen LogP contribution in [0.5, 0.6) is 5.75 Å². The van der Waals surface area contributed by atoms with Gasteiger partial charge in [0.25, 0.3) is 0 Å². The Kier molecular flexibility index (Phi) is 6.78. The fourth-order valence-corrected chi connectivity index (χ4v) is 4.16. The van der Waals surface area contributed by atoms with E-state index >= 15 is 0 Å². The minimum Gasteiger partial charge on any atom is -0.487 e. The van der Waals surface area contributed by atoms with Crippen LogP contribution >= 0.6 is 0 Å². The number of ether oxygens (including phenoxy) is 1. The number of hydrogen-bond acceptors (Lipinski definition) is 6. The van der Waals surface area contributed by atoms with E-state index in [1.54, 1.807) is 24.4 Å². The Labute approximate surface area is 196 Å². The summed E-state index contributed by atoms with van der Waals surface area (Å²) in [4.78, 5) is 40.5. The van der Waals surface area contributed by atoms with Gasteiger partial charge in [-0.3, -0.25) is 14.4 Å². The van der Waals surface area contributed by atoms with Gasteiger partial charge in [0.1, 0.15) is 24.3 Å². The lowest BCUT2D eigenvalue weighted by Crippen LogP contribution is -2.50. The second kappa shape index (κ2) is 9.76. The van der Waals surface area contributed by atoms with Crippen LogP contribution in [0.2, 0.25) is 0 Å². The molecule has 2 heterocycles. The molecule has 1 aromatic heterocycles. The van der Waals surface area contributed by atoms with Gasteiger partial charge in [-0.25, -0.2) is 9.37 Å². The first-order valence-corrected chi connectivity index (χ1v) is 11.1. The van der Waals surface area contributed by atoms with E-state index in [2.05, 4.69) is 10.3 Å². The van der Waals surface area contributed by atoms with Crippen molar-refractivity contribution in [2.45, 2.75) is 32.0 Å². The van der Waals surface area contributed by atoms with Gasteiger partial charge in [0.05, 0.1) is 18.4 Å². The molecule has 0 radical (unpaired) electrons. The minimum atomic E-state index is -1.35. The van der Waals surface area contributed by atoms with E-state index in [1.165, 1.54) is 4.90 Å². The second-order valence-electron chi connectivity index (χ2n) is 8.71. The first-order chi connectivity index (χ1) is 16.3. The van der Waals surface area contributed by atoms with Gasteiger partial charge >= 0.3 is 0 Å². The van der Waals surface area contributed by atoms with Gasteiger partial charge in [0, 0.05) is 19.2 Å². The number of anilines is 1. The molecule has 3 amide bonds. The molecule has 2 fully saturated rings. The standard InChI is InChI=1S/C24H27FN4O5/c1-13-8-14(2-3-19(13)34-20-5-7-29(11-18(20)25)22(31)12-30)15-4-6-27-21(9-15)28-24(33)17-10-16(17)23(26)32/h2-4,6,8-9,16-18,20,30H,5,7,10-12H2,1H3,(H2,26,32)(H,27,28,33). The highest BCUT2D eigenvalue weighted by molar-refractivity contribution is 5.99. The van der Waals surface area contributed by atoms with Gasteiger partial charge < -0.3 is 25.8 Å². The van der Waals surface area contributed by atoms with Crippen molar-refractivity contribution in [1.29, 1.82) is 0 Å². The van der Waals surface area contributed by atoms with Crippen LogP contribution in [0.25, 0.3) is 11.1 Å². The molecule has 9 nitrogen and oxygen atoms in total. The summed E-state index contributed by atoms with van der Waals surface area (Å²) in [7, 11) is 0. The third-order valence-electron chi connectivity index (χ3n) is 6.26. The van der Waals surface area contributed by atoms with Crippen molar-refractivity contribution in [3.05, 3.63) is 42.1 Å². The number of alkyl halides is 1. The van der Waals surface area contributed by atoms with Gasteiger partial charge in [0.15, 0.2) is 6.17 Å². The number of amides is 3. The molecule has 1 saturated heterocycles. The summed E-state index contributed by atoms with van der Waals surface area (Å²) in [5.41, 5.74) is 7.74. The van der Waals surface area contributed by atoms with Crippen molar-refractivity contribution in [2.24, 2.45) is 17.6 Å². The molecule has 4 N–H and O–H groups in total. The summed E-state index contributed by atoms with van der Waals surface area (Å²) in [6, 6.07) is 9.05. The minimum absolute atomic E-state index is 0.103. The number of aromatic nitrogens is 1. The smallest absolute Gasteiger partial charge is 0.248 e. The zero-order chi connectivity index (χ0) is 24.4. The Hall–Kier alpha value is -3.53. The molecule has 34 heavy (non-hydrogen) atoms. The highest BCUT2D eigenvalue weighted by Crippen LogP contribution is 2.39. The van der Waals surface area contributed by atoms with Crippen LogP contribution in [-0.2, 0) is 14.4 Å². The summed E-state index contributed by atoms with van der Waals surface area (Å²) in [5.74, 6) is -1.13. The zero-order valence-electron chi connectivity index (χ0n) is 18.7. The monoisotopic (exact) mass is 470 g/mol. The molecular formula is C24H27FN4O5. The number of benzene rings is 1. The molecule has 10 heteroatoms. The highest BCUT2D eigenvalue weighted by Gasteiger charge is 2.47. The van der Waals surface area contributed by atoms with E-state index in [0.29, 0.717) is 31.0 Å². The number of likely N-dealkylation sites (tertiary alicyclic amines) is 1. The maximum absolute atomic E-state index is 14.6. The lowest BCUT2D eigenvalue weighted by Gasteiger charge is -2.34. The van der Waals surface area contributed by atoms with Crippen molar-refractivity contribution in [1.82, 2.24) is 9.88 Å². The molecule has 1 aliphatic heterocycles. The van der Waals surface area contributed by atoms with E-state index in [4.69, 9.17) is 15.6 Å². The van der Waals surface area contributed by atoms with E-state index in [0.717, 1.165) is 16.7 Å². The number of pyridine rings is 1. The van der Waals surface area contributed by atoms with Crippen molar-refractivity contribution in [3.8, 4) is 16.9 Å². The number of piperidine rings is 1. The molecule has 0 bridgehead atoms. The number of nitrogens with zero attached hydrogens (tertiary/aromatic N) is 2. The third kappa shape index (κ3) is 5.17. The highest BCUT2D eigenvalue weighted by atomic mass is 19.1. The zero-order valence-corrected chi connectivity index (χ0v) is 18.7. The Morgan fingerprint density at radius 3 is 2.65 bits per heavy atom. The number of halogens is 1. The number of carbonyl (C=O) groups is 3. The molecule has 1 aromatic carbocycles. The quantitative estimate of drug-likeness (QED) is 0.560. The van der Waals surface area contributed by atoms with Crippen molar-refractivity contribution in [3.63, 3.8) is 0 Å². The maximum Gasteiger partial charge on any atom is 0.248 e. The number of carbonyl (C=O) groups excluding carboxylic acids is 3. The van der Waals surface area contributed by atoms with Crippen LogP contribution in [0.15, 0.2) is 36.5 Å². The number of nitrogens with two attached hydrogens (primary N) is 1. The summed E-state index contributed by atoms with van der Waals surface area (Å²) >= 11 is 0. The fourth-order valence-electron chi connectivity index (χ4n) is 4.16. The van der Waals surface area contributed by atoms with E-state index < -0.39 is 42.5 Å². The van der Waals surface area contributed by atoms with Gasteiger partial charge in [-0.05, 0) is 54.3 Å². The van der Waals surface area contributed by atoms with E-state index in [-0.39, 0.29) is 12.5 Å². The molecule has 4 rings (SSSR count). The summed E-state index contributed by atoms with van der Waals surface area (Å²) in [6.45, 7) is 1.45. The number of hydrogen-bond donors (Lipinski definition) is 3. The van der Waals surface area contributed by atoms with Crippen LogP contribution in [-0.4, -0.2) is 64.7 Å². The number of aliphatic hydroxyl groups excluding tert-OH is 1. The maximum atomic E-state index is 14.6. The Balaban J connectivity index is 1.40. The number of aryl methyl sites for hydroxylation is 1. The average molecular weight is 471 g/mol. The molecule has 2 aliphatic rings. The largest absolute Gasteiger partial charge is 0.487 e. The summed E-state index contributed by atoms with van der Waals surface area (Å²) in [5, 5.41) is 11.7. The molecule has 0 spiro atoms. The Bertz CT molecular complexity index is 1110. The molecular weight excluding hydrogens is 443 g/mol. The van der Waals surface area contributed by atoms with E-state index in [1.807, 2.05) is 19.1 Å². The molecule has 4 atom stereocenters. The van der Waals surface area contributed by atoms with Crippen LogP contribution in [0.4, 0.5) is 10.2 Å². The summed E-state index contributed by atoms with van der Waals surface area (Å²) in [6.07, 6.45) is 0.340. The average Bonchev–Trinajstić information content (AvgIpc) is 3.63. The normalized spacial score (nSPS) is 23.8. The van der Waals surface area contributed by atoms with E-state index in [9.17, 15) is 18.8 Å². The number of primary amides is 1. The first-order valence-electron chi connectivity index (χ1n) is 11.1. The summed E-state index contributed by atoms with van der Waals surface area (Å²) < 4.78 is 20.5. The van der Waals surface area contributed by atoms with Crippen LogP contribution < -0.4 is 15.8 Å². The van der Waals surface area contributed by atoms with Crippen LogP contribution in [0.1, 0.15) is 18.4 Å². The van der Waals surface area contributed by atoms with Gasteiger partial charge in [-0.1, -0.05) is 6.07 Å². The molecule has 4 unspecified atom stereocenters. The third-order valence-corrected chi connectivity index (χ3v) is 6.26. The van der Waals surface area contributed by atoms with Gasteiger partial charge in [-0.15, -0.1) is 0 Å². The molecule has 2 aromatic rings. The van der Waals surface area contributed by atoms with Crippen LogP contribution in [0, 0.1) is 18.8 Å². The van der Waals surface area contributed by atoms with Crippen molar-refractivity contribution >= 4 is 23.5 Å². The second-order valence-corrected chi connectivity index (χ2v) is 8.71. The van der Waals surface area contributed by atoms with Gasteiger partial charge in [0.2, 0.25) is 17.7 Å². The predicted molar refractivity (Wildman–Crippen MR) is 121 cm³/mol. The first kappa shape index (κ1) is 23.6. The number of rotatable bonds is 7. The molecule has 180 valence electrons. The molecule has 1 saturated carbocycles. The van der Waals surface area contributed by atoms with Gasteiger partial charge in [-0.2, -0.15) is 0 Å². The topological polar surface area (TPSA) is 135 Å². The Morgan fingerprint density at radius 1 is 1.24 bits per heavy atom.